The average Bonchev–Trinajstić information content (AvgIpc) is 3.21. The number of epoxide rings is 1. The second-order valence-electron chi connectivity index (χ2n) is 5.50. The number of fused-ring (bicyclic) bond motifs is 1. The summed E-state index contributed by atoms with van der Waals surface area (Å²) in [5.74, 6) is 2.34. The third-order valence-electron chi connectivity index (χ3n) is 4.00. The SMILES string of the molecule is COc1ccc(C2Sc3nnc(C)n3N2CC2CO2)cc1OC. The normalized spacial score (nSPS) is 22.1. The molecule has 0 radical (unpaired) electrons. The zero-order chi connectivity index (χ0) is 16.0. The van der Waals surface area contributed by atoms with Crippen molar-refractivity contribution in [1.29, 1.82) is 0 Å². The largest absolute Gasteiger partial charge is 0.493 e. The lowest BCUT2D eigenvalue weighted by Gasteiger charge is -2.27. The highest BCUT2D eigenvalue weighted by atomic mass is 32.2. The van der Waals surface area contributed by atoms with Crippen LogP contribution in [0.25, 0.3) is 0 Å². The summed E-state index contributed by atoms with van der Waals surface area (Å²) in [6.07, 6.45) is 0.283. The first-order chi connectivity index (χ1) is 11.2. The lowest BCUT2D eigenvalue weighted by Crippen LogP contribution is -2.37. The number of methoxy groups -OCH3 is 2. The molecule has 1 aromatic carbocycles. The maximum atomic E-state index is 5.44. The van der Waals surface area contributed by atoms with E-state index in [9.17, 15) is 0 Å². The highest BCUT2D eigenvalue weighted by Gasteiger charge is 2.38. The van der Waals surface area contributed by atoms with Gasteiger partial charge in [0.1, 0.15) is 17.3 Å². The monoisotopic (exact) mass is 334 g/mol. The summed E-state index contributed by atoms with van der Waals surface area (Å²) in [5.41, 5.74) is 1.14. The van der Waals surface area contributed by atoms with Gasteiger partial charge in [0, 0.05) is 0 Å². The summed E-state index contributed by atoms with van der Waals surface area (Å²) >= 11 is 1.68. The molecule has 0 saturated carbocycles. The van der Waals surface area contributed by atoms with Crippen LogP contribution in [0.15, 0.2) is 23.4 Å². The van der Waals surface area contributed by atoms with E-state index >= 15 is 0 Å². The Bertz CT molecular complexity index is 732. The Morgan fingerprint density at radius 3 is 2.74 bits per heavy atom. The van der Waals surface area contributed by atoms with Crippen LogP contribution < -0.4 is 14.5 Å². The lowest BCUT2D eigenvalue weighted by atomic mass is 10.2. The van der Waals surface area contributed by atoms with E-state index in [0.717, 1.165) is 41.2 Å². The van der Waals surface area contributed by atoms with Gasteiger partial charge in [-0.05, 0) is 24.6 Å². The Morgan fingerprint density at radius 1 is 1.26 bits per heavy atom. The molecule has 0 amide bonds. The first-order valence-corrected chi connectivity index (χ1v) is 8.28. The van der Waals surface area contributed by atoms with Crippen LogP contribution in [-0.2, 0) is 4.74 Å². The Labute approximate surface area is 138 Å². The van der Waals surface area contributed by atoms with E-state index in [1.165, 1.54) is 0 Å². The summed E-state index contributed by atoms with van der Waals surface area (Å²) in [6, 6.07) is 6.02. The summed E-state index contributed by atoms with van der Waals surface area (Å²) in [7, 11) is 3.29. The number of benzene rings is 1. The molecule has 0 aliphatic carbocycles. The summed E-state index contributed by atoms with van der Waals surface area (Å²) in [4.78, 5) is 0. The number of rotatable bonds is 5. The molecule has 0 spiro atoms. The van der Waals surface area contributed by atoms with Crippen LogP contribution in [-0.4, -0.2) is 48.3 Å². The fourth-order valence-corrected chi connectivity index (χ4v) is 3.99. The van der Waals surface area contributed by atoms with Crippen LogP contribution in [0.5, 0.6) is 11.5 Å². The third-order valence-corrected chi connectivity index (χ3v) is 5.20. The van der Waals surface area contributed by atoms with Crippen LogP contribution in [0, 0.1) is 6.92 Å². The smallest absolute Gasteiger partial charge is 0.212 e. The van der Waals surface area contributed by atoms with Crippen molar-refractivity contribution in [2.75, 3.05) is 32.4 Å². The van der Waals surface area contributed by atoms with Crippen LogP contribution in [0.1, 0.15) is 16.8 Å². The van der Waals surface area contributed by atoms with Gasteiger partial charge in [-0.25, -0.2) is 4.68 Å². The molecule has 8 heteroatoms. The predicted molar refractivity (Wildman–Crippen MR) is 85.7 cm³/mol. The number of thioether (sulfide) groups is 1. The molecule has 2 aliphatic heterocycles. The summed E-state index contributed by atoms with van der Waals surface area (Å²) < 4.78 is 18.3. The second-order valence-corrected chi connectivity index (χ2v) is 6.55. The second kappa shape index (κ2) is 5.61. The Kier molecular flexibility index (Phi) is 3.57. The maximum Gasteiger partial charge on any atom is 0.212 e. The number of aryl methyl sites for hydroxylation is 1. The van der Waals surface area contributed by atoms with Gasteiger partial charge in [0.25, 0.3) is 0 Å². The average molecular weight is 334 g/mol. The number of nitrogens with zero attached hydrogens (tertiary/aromatic N) is 4. The molecule has 2 aromatic rings. The fourth-order valence-electron chi connectivity index (χ4n) is 2.78. The van der Waals surface area contributed by atoms with Crippen molar-refractivity contribution in [3.63, 3.8) is 0 Å². The minimum absolute atomic E-state index is 0.114. The Morgan fingerprint density at radius 2 is 2.04 bits per heavy atom. The molecule has 1 aromatic heterocycles. The molecule has 4 rings (SSSR count). The van der Waals surface area contributed by atoms with Crippen molar-refractivity contribution in [3.05, 3.63) is 29.6 Å². The molecule has 122 valence electrons. The van der Waals surface area contributed by atoms with E-state index in [1.807, 2.05) is 19.1 Å². The van der Waals surface area contributed by atoms with E-state index < -0.39 is 0 Å². The topological polar surface area (TPSA) is 64.9 Å². The maximum absolute atomic E-state index is 5.44. The number of hydrogen-bond acceptors (Lipinski definition) is 7. The van der Waals surface area contributed by atoms with Crippen molar-refractivity contribution in [3.8, 4) is 11.5 Å². The minimum atomic E-state index is 0.114. The van der Waals surface area contributed by atoms with Gasteiger partial charge in [-0.2, -0.15) is 0 Å². The van der Waals surface area contributed by atoms with E-state index in [-0.39, 0.29) is 11.5 Å². The molecule has 1 fully saturated rings. The van der Waals surface area contributed by atoms with Crippen molar-refractivity contribution >= 4 is 11.8 Å². The van der Waals surface area contributed by atoms with E-state index in [0.29, 0.717) is 0 Å². The van der Waals surface area contributed by atoms with E-state index in [1.54, 1.807) is 26.0 Å². The van der Waals surface area contributed by atoms with Gasteiger partial charge in [-0.1, -0.05) is 17.8 Å². The zero-order valence-corrected chi connectivity index (χ0v) is 14.0. The number of ether oxygens (including phenoxy) is 3. The van der Waals surface area contributed by atoms with Crippen LogP contribution in [0.2, 0.25) is 0 Å². The zero-order valence-electron chi connectivity index (χ0n) is 13.2. The molecular weight excluding hydrogens is 316 g/mol. The van der Waals surface area contributed by atoms with Crippen LogP contribution >= 0.6 is 11.8 Å². The van der Waals surface area contributed by atoms with Crippen LogP contribution in [0.3, 0.4) is 0 Å². The molecule has 7 nitrogen and oxygen atoms in total. The van der Waals surface area contributed by atoms with E-state index in [4.69, 9.17) is 14.2 Å². The number of aromatic nitrogens is 3. The lowest BCUT2D eigenvalue weighted by molar-refractivity contribution is 0.354. The Hall–Kier alpha value is -1.93. The third kappa shape index (κ3) is 2.51. The van der Waals surface area contributed by atoms with Crippen molar-refractivity contribution in [2.45, 2.75) is 23.6 Å². The van der Waals surface area contributed by atoms with Crippen LogP contribution in [0.4, 0.5) is 0 Å². The molecule has 0 N–H and O–H groups in total. The van der Waals surface area contributed by atoms with Crippen molar-refractivity contribution in [1.82, 2.24) is 14.9 Å². The molecule has 0 bridgehead atoms. The van der Waals surface area contributed by atoms with Gasteiger partial charge in [-0.15, -0.1) is 10.2 Å². The first kappa shape index (κ1) is 14.6. The van der Waals surface area contributed by atoms with Gasteiger partial charge >= 0.3 is 0 Å². The molecule has 2 unspecified atom stereocenters. The molecule has 23 heavy (non-hydrogen) atoms. The molecule has 2 aliphatic rings. The minimum Gasteiger partial charge on any atom is -0.493 e. The molecule has 2 atom stereocenters. The predicted octanol–water partition coefficient (Wildman–Crippen LogP) is 1.75. The van der Waals surface area contributed by atoms with Gasteiger partial charge < -0.3 is 14.2 Å². The Balaban J connectivity index is 1.70. The standard InChI is InChI=1S/C15H18N4O3S/c1-9-16-17-15-19(9)18(7-11-8-22-11)14(23-15)10-4-5-12(20-2)13(6-10)21-3/h4-6,11,14H,7-8H2,1-3H3. The molecule has 3 heterocycles. The number of hydrogen-bond donors (Lipinski definition) is 0. The first-order valence-electron chi connectivity index (χ1n) is 7.40. The quantitative estimate of drug-likeness (QED) is 0.772. The van der Waals surface area contributed by atoms with Gasteiger partial charge in [0.2, 0.25) is 5.16 Å². The highest BCUT2D eigenvalue weighted by Crippen LogP contribution is 2.45. The molecule has 1 saturated heterocycles. The summed E-state index contributed by atoms with van der Waals surface area (Å²) in [6.45, 7) is 3.60. The van der Waals surface area contributed by atoms with Gasteiger partial charge in [0.15, 0.2) is 11.5 Å². The highest BCUT2D eigenvalue weighted by molar-refractivity contribution is 7.99. The van der Waals surface area contributed by atoms with E-state index in [2.05, 4.69) is 25.9 Å². The van der Waals surface area contributed by atoms with Crippen molar-refractivity contribution < 1.29 is 14.2 Å². The van der Waals surface area contributed by atoms with Gasteiger partial charge in [0.05, 0.1) is 27.4 Å². The fraction of sp³-hybridized carbons (Fsp3) is 0.467. The summed E-state index contributed by atoms with van der Waals surface area (Å²) in [5, 5.41) is 11.7. The molecular formula is C15H18N4O3S. The van der Waals surface area contributed by atoms with Gasteiger partial charge in [-0.3, -0.25) is 5.01 Å². The van der Waals surface area contributed by atoms with Crippen molar-refractivity contribution in [2.24, 2.45) is 0 Å².